The van der Waals surface area contributed by atoms with E-state index >= 15 is 0 Å². The van der Waals surface area contributed by atoms with Gasteiger partial charge >= 0.3 is 5.97 Å². The van der Waals surface area contributed by atoms with Gasteiger partial charge in [0.1, 0.15) is 11.5 Å². The number of carbonyl (C=O) groups is 1. The molecular weight excluding hydrogens is 389 g/mol. The summed E-state index contributed by atoms with van der Waals surface area (Å²) in [7, 11) is 0. The average Bonchev–Trinajstić information content (AvgIpc) is 2.40. The molecule has 108 valence electrons. The smallest absolute Gasteiger partial charge is 0.307 e. The predicted octanol–water partition coefficient (Wildman–Crippen LogP) is 3.62. The second-order valence-electron chi connectivity index (χ2n) is 4.19. The molecule has 0 spiro atoms. The van der Waals surface area contributed by atoms with Crippen LogP contribution in [0.4, 0.5) is 5.69 Å². The van der Waals surface area contributed by atoms with Gasteiger partial charge in [-0.25, -0.2) is 0 Å². The van der Waals surface area contributed by atoms with E-state index in [0.717, 1.165) is 0 Å². The van der Waals surface area contributed by atoms with Gasteiger partial charge in [-0.2, -0.15) is 0 Å². The van der Waals surface area contributed by atoms with Crippen molar-refractivity contribution in [3.8, 4) is 11.5 Å². The van der Waals surface area contributed by atoms with Crippen molar-refractivity contribution in [3.05, 3.63) is 61.7 Å². The topological polar surface area (TPSA) is 89.7 Å². The fraction of sp³-hybridized carbons (Fsp3) is 0.0714. The molecule has 1 N–H and O–H groups in total. The van der Waals surface area contributed by atoms with Crippen LogP contribution in [0.15, 0.2) is 42.5 Å². The molecule has 7 heteroatoms. The molecule has 0 aliphatic carbocycles. The van der Waals surface area contributed by atoms with E-state index in [4.69, 9.17) is 9.84 Å². The molecule has 0 fully saturated rings. The van der Waals surface area contributed by atoms with E-state index < -0.39 is 10.9 Å². The van der Waals surface area contributed by atoms with Crippen LogP contribution in [0.2, 0.25) is 0 Å². The summed E-state index contributed by atoms with van der Waals surface area (Å²) < 4.78 is 6.25. The van der Waals surface area contributed by atoms with E-state index in [0.29, 0.717) is 20.6 Å². The van der Waals surface area contributed by atoms with Gasteiger partial charge in [0.15, 0.2) is 0 Å². The van der Waals surface area contributed by atoms with Crippen LogP contribution < -0.4 is 4.74 Å². The molecule has 6 nitrogen and oxygen atoms in total. The van der Waals surface area contributed by atoms with E-state index in [9.17, 15) is 14.9 Å². The summed E-state index contributed by atoms with van der Waals surface area (Å²) in [6.45, 7) is 0. The maximum atomic E-state index is 10.7. The van der Waals surface area contributed by atoms with E-state index in [-0.39, 0.29) is 12.1 Å². The summed E-state index contributed by atoms with van der Waals surface area (Å²) in [5, 5.41) is 19.4. The van der Waals surface area contributed by atoms with E-state index in [1.165, 1.54) is 18.2 Å². The number of hydrogen-bond donors (Lipinski definition) is 1. The number of rotatable bonds is 5. The fourth-order valence-corrected chi connectivity index (χ4v) is 2.32. The third-order valence-corrected chi connectivity index (χ3v) is 3.45. The molecular formula is C14H10INO5. The van der Waals surface area contributed by atoms with Crippen LogP contribution in [0.5, 0.6) is 11.5 Å². The third-order valence-electron chi connectivity index (χ3n) is 2.61. The normalized spacial score (nSPS) is 10.1. The van der Waals surface area contributed by atoms with E-state index in [2.05, 4.69) is 0 Å². The van der Waals surface area contributed by atoms with Gasteiger partial charge in [-0.15, -0.1) is 0 Å². The van der Waals surface area contributed by atoms with Crippen molar-refractivity contribution < 1.29 is 19.6 Å². The predicted molar refractivity (Wildman–Crippen MR) is 83.7 cm³/mol. The standard InChI is InChI=1S/C14H10INO5/c15-12-8-10(16(19)20)4-5-13(12)21-11-3-1-2-9(6-11)7-14(17)18/h1-6,8H,7H2,(H,17,18). The molecule has 0 heterocycles. The average molecular weight is 399 g/mol. The molecule has 0 aliphatic heterocycles. The van der Waals surface area contributed by atoms with Gasteiger partial charge in [0.2, 0.25) is 0 Å². The molecule has 0 aliphatic rings. The quantitative estimate of drug-likeness (QED) is 0.471. The Balaban J connectivity index is 2.22. The Morgan fingerprint density at radius 1 is 1.29 bits per heavy atom. The lowest BCUT2D eigenvalue weighted by molar-refractivity contribution is -0.385. The van der Waals surface area contributed by atoms with Crippen molar-refractivity contribution in [1.82, 2.24) is 0 Å². The molecule has 0 aromatic heterocycles. The second-order valence-corrected chi connectivity index (χ2v) is 5.35. The lowest BCUT2D eigenvalue weighted by Crippen LogP contribution is -2.00. The van der Waals surface area contributed by atoms with Crippen LogP contribution in [-0.4, -0.2) is 16.0 Å². The summed E-state index contributed by atoms with van der Waals surface area (Å²) in [4.78, 5) is 20.9. The van der Waals surface area contributed by atoms with Crippen LogP contribution >= 0.6 is 22.6 Å². The van der Waals surface area contributed by atoms with Crippen LogP contribution in [0, 0.1) is 13.7 Å². The molecule has 0 unspecified atom stereocenters. The summed E-state index contributed by atoms with van der Waals surface area (Å²) in [5.74, 6) is 0.0475. The monoisotopic (exact) mass is 399 g/mol. The lowest BCUT2D eigenvalue weighted by Gasteiger charge is -2.08. The molecule has 0 amide bonds. The Kier molecular flexibility index (Phi) is 4.73. The number of nitro benzene ring substituents is 1. The number of ether oxygens (including phenoxy) is 1. The second kappa shape index (κ2) is 6.53. The van der Waals surface area contributed by atoms with Crippen molar-refractivity contribution in [1.29, 1.82) is 0 Å². The van der Waals surface area contributed by atoms with Gasteiger partial charge < -0.3 is 9.84 Å². The third kappa shape index (κ3) is 4.15. The first-order valence-corrected chi connectivity index (χ1v) is 6.96. The number of carboxylic acid groups (broad SMARTS) is 1. The van der Waals surface area contributed by atoms with Crippen LogP contribution in [0.25, 0.3) is 0 Å². The van der Waals surface area contributed by atoms with Gasteiger partial charge in [-0.05, 0) is 46.4 Å². The van der Waals surface area contributed by atoms with Gasteiger partial charge in [0, 0.05) is 12.1 Å². The minimum Gasteiger partial charge on any atom is -0.481 e. The molecule has 2 aromatic carbocycles. The molecule has 0 bridgehead atoms. The van der Waals surface area contributed by atoms with Crippen LogP contribution in [0.3, 0.4) is 0 Å². The Morgan fingerprint density at radius 2 is 2.05 bits per heavy atom. The Labute approximate surface area is 133 Å². The Morgan fingerprint density at radius 3 is 2.67 bits per heavy atom. The van der Waals surface area contributed by atoms with Crippen molar-refractivity contribution >= 4 is 34.2 Å². The highest BCUT2D eigenvalue weighted by Gasteiger charge is 2.11. The molecule has 0 saturated heterocycles. The number of halogens is 1. The zero-order valence-electron chi connectivity index (χ0n) is 10.7. The zero-order chi connectivity index (χ0) is 15.4. The fourth-order valence-electron chi connectivity index (χ4n) is 1.71. The SMILES string of the molecule is O=C(O)Cc1cccc(Oc2ccc([N+](=O)[O-])cc2I)c1. The van der Waals surface area contributed by atoms with Gasteiger partial charge in [-0.3, -0.25) is 14.9 Å². The highest BCUT2D eigenvalue weighted by atomic mass is 127. The number of aliphatic carboxylic acids is 1. The molecule has 21 heavy (non-hydrogen) atoms. The number of carboxylic acids is 1. The lowest BCUT2D eigenvalue weighted by atomic mass is 10.1. The summed E-state index contributed by atoms with van der Waals surface area (Å²) in [6.07, 6.45) is -0.0887. The summed E-state index contributed by atoms with van der Waals surface area (Å²) >= 11 is 1.95. The largest absolute Gasteiger partial charge is 0.481 e. The Hall–Kier alpha value is -2.16. The van der Waals surface area contributed by atoms with Crippen LogP contribution in [0.1, 0.15) is 5.56 Å². The first-order chi connectivity index (χ1) is 9.95. The number of nitro groups is 1. The van der Waals surface area contributed by atoms with Crippen molar-refractivity contribution in [2.45, 2.75) is 6.42 Å². The van der Waals surface area contributed by atoms with Gasteiger partial charge in [0.25, 0.3) is 5.69 Å². The first kappa shape index (κ1) is 15.2. The summed E-state index contributed by atoms with van der Waals surface area (Å²) in [5.41, 5.74) is 0.614. The first-order valence-electron chi connectivity index (χ1n) is 5.88. The highest BCUT2D eigenvalue weighted by molar-refractivity contribution is 14.1. The maximum absolute atomic E-state index is 10.7. The zero-order valence-corrected chi connectivity index (χ0v) is 12.8. The van der Waals surface area contributed by atoms with E-state index in [1.807, 2.05) is 22.6 Å². The molecule has 0 radical (unpaired) electrons. The maximum Gasteiger partial charge on any atom is 0.307 e. The van der Waals surface area contributed by atoms with Crippen molar-refractivity contribution in [2.24, 2.45) is 0 Å². The van der Waals surface area contributed by atoms with Gasteiger partial charge in [-0.1, -0.05) is 12.1 Å². The highest BCUT2D eigenvalue weighted by Crippen LogP contribution is 2.30. The number of nitrogens with zero attached hydrogens (tertiary/aromatic N) is 1. The van der Waals surface area contributed by atoms with Gasteiger partial charge in [0.05, 0.1) is 14.9 Å². The minimum absolute atomic E-state index is 0.00798. The Bertz CT molecular complexity index is 702. The van der Waals surface area contributed by atoms with Crippen molar-refractivity contribution in [3.63, 3.8) is 0 Å². The number of non-ortho nitro benzene ring substituents is 1. The van der Waals surface area contributed by atoms with Crippen LogP contribution in [-0.2, 0) is 11.2 Å². The molecule has 0 atom stereocenters. The minimum atomic E-state index is -0.919. The number of benzene rings is 2. The molecule has 2 rings (SSSR count). The van der Waals surface area contributed by atoms with E-state index in [1.54, 1.807) is 24.3 Å². The number of hydrogen-bond acceptors (Lipinski definition) is 4. The molecule has 2 aromatic rings. The summed E-state index contributed by atoms with van der Waals surface area (Å²) in [6, 6.07) is 11.0. The van der Waals surface area contributed by atoms with Crippen molar-refractivity contribution in [2.75, 3.05) is 0 Å². The molecule has 0 saturated carbocycles.